The number of carbonyl (C=O) groups excluding carboxylic acids is 1. The number of ether oxygens (including phenoxy) is 2. The number of fused-ring (bicyclic) bond motifs is 1. The number of amides is 1. The molecular formula is C17H18N2O4S. The highest BCUT2D eigenvalue weighted by atomic mass is 32.1. The normalized spacial score (nSPS) is 17.0. The first-order chi connectivity index (χ1) is 11.7. The van der Waals surface area contributed by atoms with E-state index < -0.39 is 0 Å². The van der Waals surface area contributed by atoms with Crippen molar-refractivity contribution in [1.29, 1.82) is 0 Å². The number of aromatic hydroxyl groups is 1. The number of phenols is 1. The lowest BCUT2D eigenvalue weighted by atomic mass is 10.2. The summed E-state index contributed by atoms with van der Waals surface area (Å²) in [5.74, 6) is 1.55. The summed E-state index contributed by atoms with van der Waals surface area (Å²) in [6.45, 7) is 3.87. The first-order valence-corrected chi connectivity index (χ1v) is 8.80. The molecule has 0 bridgehead atoms. The fourth-order valence-corrected chi connectivity index (χ4v) is 3.88. The van der Waals surface area contributed by atoms with Gasteiger partial charge in [0.15, 0.2) is 11.5 Å². The minimum absolute atomic E-state index is 0.0112. The van der Waals surface area contributed by atoms with Crippen molar-refractivity contribution in [2.75, 3.05) is 44.3 Å². The van der Waals surface area contributed by atoms with E-state index in [-0.39, 0.29) is 11.7 Å². The second-order valence-corrected chi connectivity index (χ2v) is 6.63. The average molecular weight is 346 g/mol. The number of rotatable bonds is 2. The fraction of sp³-hybridized carbons (Fsp3) is 0.353. The molecule has 4 rings (SSSR count). The van der Waals surface area contributed by atoms with Crippen LogP contribution < -0.4 is 14.4 Å². The Morgan fingerprint density at radius 1 is 1.04 bits per heavy atom. The molecule has 0 saturated carbocycles. The zero-order valence-electron chi connectivity index (χ0n) is 13.1. The van der Waals surface area contributed by atoms with Gasteiger partial charge < -0.3 is 24.4 Å². The van der Waals surface area contributed by atoms with Crippen LogP contribution in [0.2, 0.25) is 0 Å². The number of anilines is 1. The molecule has 2 aliphatic heterocycles. The van der Waals surface area contributed by atoms with Crippen molar-refractivity contribution in [3.8, 4) is 17.2 Å². The van der Waals surface area contributed by atoms with E-state index in [9.17, 15) is 9.90 Å². The van der Waals surface area contributed by atoms with Crippen molar-refractivity contribution in [2.45, 2.75) is 0 Å². The highest BCUT2D eigenvalue weighted by Gasteiger charge is 2.29. The number of carbonyl (C=O) groups is 1. The Kier molecular flexibility index (Phi) is 3.93. The van der Waals surface area contributed by atoms with Gasteiger partial charge in [-0.1, -0.05) is 0 Å². The molecule has 1 N–H and O–H groups in total. The molecule has 3 heterocycles. The summed E-state index contributed by atoms with van der Waals surface area (Å²) in [5, 5.41) is 11.2. The summed E-state index contributed by atoms with van der Waals surface area (Å²) in [6.07, 6.45) is 0. The van der Waals surface area contributed by atoms with Crippen molar-refractivity contribution >= 4 is 22.9 Å². The highest BCUT2D eigenvalue weighted by molar-refractivity contribution is 7.12. The number of benzene rings is 1. The summed E-state index contributed by atoms with van der Waals surface area (Å²) in [6, 6.07) is 7.16. The molecule has 0 radical (unpaired) electrons. The zero-order valence-corrected chi connectivity index (χ0v) is 13.9. The standard InChI is InChI=1S/C17H18N2O4S/c20-13-3-1-12(2-4-13)18-5-7-19(8-6-18)17(21)16-15-14(11-24-16)22-9-10-23-15/h1-4,11,20H,5-10H2. The van der Waals surface area contributed by atoms with Crippen molar-refractivity contribution in [3.63, 3.8) is 0 Å². The first-order valence-electron chi connectivity index (χ1n) is 7.93. The van der Waals surface area contributed by atoms with Crippen LogP contribution in [0.1, 0.15) is 9.67 Å². The van der Waals surface area contributed by atoms with Crippen LogP contribution in [-0.2, 0) is 0 Å². The molecule has 24 heavy (non-hydrogen) atoms. The molecule has 0 atom stereocenters. The van der Waals surface area contributed by atoms with E-state index in [4.69, 9.17) is 9.47 Å². The summed E-state index contributed by atoms with van der Waals surface area (Å²) in [4.78, 5) is 17.5. The Balaban J connectivity index is 1.43. The SMILES string of the molecule is O=C(c1scc2c1OCCO2)N1CCN(c2ccc(O)cc2)CC1. The molecule has 1 aromatic heterocycles. The highest BCUT2D eigenvalue weighted by Crippen LogP contribution is 2.40. The molecule has 0 aliphatic carbocycles. The van der Waals surface area contributed by atoms with Crippen molar-refractivity contribution in [1.82, 2.24) is 4.90 Å². The van der Waals surface area contributed by atoms with Gasteiger partial charge >= 0.3 is 0 Å². The number of phenolic OH excluding ortho intramolecular Hbond substituents is 1. The lowest BCUT2D eigenvalue weighted by Crippen LogP contribution is -2.48. The number of thiophene rings is 1. The number of hydrogen-bond acceptors (Lipinski definition) is 6. The van der Waals surface area contributed by atoms with Gasteiger partial charge in [0.1, 0.15) is 23.8 Å². The first kappa shape index (κ1) is 15.1. The van der Waals surface area contributed by atoms with Gasteiger partial charge in [-0.25, -0.2) is 0 Å². The quantitative estimate of drug-likeness (QED) is 0.903. The van der Waals surface area contributed by atoms with E-state index in [2.05, 4.69) is 4.90 Å². The maximum Gasteiger partial charge on any atom is 0.268 e. The van der Waals surface area contributed by atoms with Crippen LogP contribution in [0.25, 0.3) is 0 Å². The van der Waals surface area contributed by atoms with Crippen LogP contribution in [0.5, 0.6) is 17.2 Å². The molecule has 1 amide bonds. The fourth-order valence-electron chi connectivity index (χ4n) is 2.99. The van der Waals surface area contributed by atoms with Gasteiger partial charge in [-0.15, -0.1) is 11.3 Å². The number of nitrogens with zero attached hydrogens (tertiary/aromatic N) is 2. The summed E-state index contributed by atoms with van der Waals surface area (Å²) in [5.41, 5.74) is 1.06. The molecule has 6 nitrogen and oxygen atoms in total. The van der Waals surface area contributed by atoms with Crippen molar-refractivity contribution < 1.29 is 19.4 Å². The topological polar surface area (TPSA) is 62.2 Å². The predicted molar refractivity (Wildman–Crippen MR) is 91.5 cm³/mol. The van der Waals surface area contributed by atoms with Gasteiger partial charge in [-0.05, 0) is 24.3 Å². The molecular weight excluding hydrogens is 328 g/mol. The number of piperazine rings is 1. The van der Waals surface area contributed by atoms with E-state index in [0.717, 1.165) is 18.8 Å². The molecule has 1 fully saturated rings. The molecule has 0 unspecified atom stereocenters. The van der Waals surface area contributed by atoms with Gasteiger partial charge in [-0.3, -0.25) is 4.79 Å². The van der Waals surface area contributed by atoms with Crippen LogP contribution in [-0.4, -0.2) is 55.3 Å². The zero-order chi connectivity index (χ0) is 16.5. The third-order valence-corrected chi connectivity index (χ3v) is 5.20. The Morgan fingerprint density at radius 3 is 2.50 bits per heavy atom. The van der Waals surface area contributed by atoms with Gasteiger partial charge in [0.2, 0.25) is 0 Å². The molecule has 1 saturated heterocycles. The van der Waals surface area contributed by atoms with Crippen LogP contribution >= 0.6 is 11.3 Å². The van der Waals surface area contributed by atoms with Crippen LogP contribution in [0.4, 0.5) is 5.69 Å². The van der Waals surface area contributed by atoms with Gasteiger partial charge in [0.05, 0.1) is 0 Å². The summed E-state index contributed by atoms with van der Waals surface area (Å²) < 4.78 is 11.1. The molecule has 7 heteroatoms. The smallest absolute Gasteiger partial charge is 0.268 e. The van der Waals surface area contributed by atoms with Crippen molar-refractivity contribution in [2.24, 2.45) is 0 Å². The Bertz CT molecular complexity index is 736. The third-order valence-electron chi connectivity index (χ3n) is 4.28. The van der Waals surface area contributed by atoms with E-state index in [0.29, 0.717) is 42.7 Å². The monoisotopic (exact) mass is 346 g/mol. The second-order valence-electron chi connectivity index (χ2n) is 5.75. The summed E-state index contributed by atoms with van der Waals surface area (Å²) >= 11 is 1.38. The van der Waals surface area contributed by atoms with Crippen LogP contribution in [0.15, 0.2) is 29.6 Å². The Morgan fingerprint density at radius 2 is 1.75 bits per heavy atom. The second kappa shape index (κ2) is 6.24. The minimum Gasteiger partial charge on any atom is -0.508 e. The predicted octanol–water partition coefficient (Wildman–Crippen LogP) is 2.19. The molecule has 2 aliphatic rings. The lowest BCUT2D eigenvalue weighted by Gasteiger charge is -2.36. The van der Waals surface area contributed by atoms with E-state index in [1.165, 1.54) is 11.3 Å². The largest absolute Gasteiger partial charge is 0.508 e. The third kappa shape index (κ3) is 2.75. The molecule has 126 valence electrons. The van der Waals surface area contributed by atoms with E-state index >= 15 is 0 Å². The molecule has 1 aromatic carbocycles. The lowest BCUT2D eigenvalue weighted by molar-refractivity contribution is 0.0743. The number of hydrogen-bond donors (Lipinski definition) is 1. The minimum atomic E-state index is 0.0112. The van der Waals surface area contributed by atoms with Gasteiger partial charge in [0, 0.05) is 37.2 Å². The van der Waals surface area contributed by atoms with Crippen molar-refractivity contribution in [3.05, 3.63) is 34.5 Å². The average Bonchev–Trinajstić information content (AvgIpc) is 3.06. The Labute approximate surface area is 143 Å². The molecule has 2 aromatic rings. The van der Waals surface area contributed by atoms with Crippen LogP contribution in [0.3, 0.4) is 0 Å². The van der Waals surface area contributed by atoms with E-state index in [1.807, 2.05) is 22.4 Å². The maximum atomic E-state index is 12.8. The Hall–Kier alpha value is -2.41. The molecule has 0 spiro atoms. The van der Waals surface area contributed by atoms with Gasteiger partial charge in [0.25, 0.3) is 5.91 Å². The summed E-state index contributed by atoms with van der Waals surface area (Å²) in [7, 11) is 0. The maximum absolute atomic E-state index is 12.8. The van der Waals surface area contributed by atoms with E-state index in [1.54, 1.807) is 12.1 Å². The van der Waals surface area contributed by atoms with Crippen LogP contribution in [0, 0.1) is 0 Å². The van der Waals surface area contributed by atoms with Gasteiger partial charge in [-0.2, -0.15) is 0 Å².